The highest BCUT2D eigenvalue weighted by Gasteiger charge is 2.64. The molecule has 0 spiro atoms. The molecular weight excluding hydrogens is 358 g/mol. The quantitative estimate of drug-likeness (QED) is 0.747. The van der Waals surface area contributed by atoms with Crippen molar-refractivity contribution in [3.63, 3.8) is 0 Å². The summed E-state index contributed by atoms with van der Waals surface area (Å²) < 4.78 is 0. The Kier molecular flexibility index (Phi) is 4.32. The van der Waals surface area contributed by atoms with Gasteiger partial charge in [-0.1, -0.05) is 75.4 Å². The van der Waals surface area contributed by atoms with Gasteiger partial charge in [0.05, 0.1) is 24.2 Å². The first kappa shape index (κ1) is 19.0. The third-order valence-corrected chi connectivity index (χ3v) is 6.11. The number of carbonyl (C=O) groups is 1. The average molecular weight is 381 g/mol. The molecule has 144 valence electrons. The van der Waals surface area contributed by atoms with Crippen LogP contribution in [0.1, 0.15) is 49.4 Å². The minimum atomic E-state index is -1.38. The van der Waals surface area contributed by atoms with Gasteiger partial charge in [-0.15, -0.1) is 0 Å². The van der Waals surface area contributed by atoms with E-state index < -0.39 is 28.8 Å². The maximum Gasteiger partial charge on any atom is 0.177 e. The maximum atomic E-state index is 13.6. The Bertz CT molecular complexity index is 1050. The molecule has 2 aliphatic rings. The van der Waals surface area contributed by atoms with Crippen LogP contribution in [0.4, 0.5) is 0 Å². The van der Waals surface area contributed by atoms with Gasteiger partial charge >= 0.3 is 0 Å². The van der Waals surface area contributed by atoms with Crippen molar-refractivity contribution < 1.29 is 4.79 Å². The lowest BCUT2D eigenvalue weighted by atomic mass is 9.66. The lowest BCUT2D eigenvalue weighted by Gasteiger charge is -2.36. The van der Waals surface area contributed by atoms with Gasteiger partial charge in [0.15, 0.2) is 11.2 Å². The van der Waals surface area contributed by atoms with Gasteiger partial charge in [0.25, 0.3) is 0 Å². The van der Waals surface area contributed by atoms with Gasteiger partial charge in [0.1, 0.15) is 0 Å². The second-order valence-corrected chi connectivity index (χ2v) is 8.83. The van der Waals surface area contributed by atoms with Crippen LogP contribution in [0.25, 0.3) is 6.08 Å². The molecule has 2 aromatic rings. The van der Waals surface area contributed by atoms with E-state index in [1.807, 2.05) is 92.5 Å². The average Bonchev–Trinajstić information content (AvgIpc) is 3.04. The van der Waals surface area contributed by atoms with Crippen molar-refractivity contribution in [2.75, 3.05) is 0 Å². The van der Waals surface area contributed by atoms with E-state index in [1.54, 1.807) is 0 Å². The van der Waals surface area contributed by atoms with Crippen LogP contribution in [0.2, 0.25) is 0 Å². The predicted octanol–water partition coefficient (Wildman–Crippen LogP) is 4.83. The highest BCUT2D eigenvalue weighted by Crippen LogP contribution is 2.60. The molecule has 3 atom stereocenters. The molecule has 0 saturated carbocycles. The third kappa shape index (κ3) is 2.68. The summed E-state index contributed by atoms with van der Waals surface area (Å²) in [6, 6.07) is 21.0. The molecule has 2 aromatic carbocycles. The first-order valence-electron chi connectivity index (χ1n) is 9.81. The van der Waals surface area contributed by atoms with Crippen LogP contribution in [-0.2, 0) is 4.79 Å². The highest BCUT2D eigenvalue weighted by atomic mass is 16.1. The number of nitrogens with zero attached hydrogens (tertiary/aromatic N) is 3. The molecule has 0 aliphatic carbocycles. The first-order chi connectivity index (χ1) is 13.8. The first-order valence-corrected chi connectivity index (χ1v) is 9.81. The molecule has 2 heterocycles. The Balaban J connectivity index is 2.02. The van der Waals surface area contributed by atoms with E-state index in [9.17, 15) is 15.3 Å². The molecule has 3 unspecified atom stereocenters. The van der Waals surface area contributed by atoms with Crippen molar-refractivity contribution in [3.05, 3.63) is 77.5 Å². The fourth-order valence-electron chi connectivity index (χ4n) is 4.77. The van der Waals surface area contributed by atoms with Crippen molar-refractivity contribution in [2.24, 2.45) is 10.8 Å². The number of nitriles is 2. The van der Waals surface area contributed by atoms with Gasteiger partial charge in [-0.25, -0.2) is 0 Å². The fourth-order valence-corrected chi connectivity index (χ4v) is 4.77. The van der Waals surface area contributed by atoms with E-state index in [-0.39, 0.29) is 5.78 Å². The fraction of sp³-hybridized carbons (Fsp3) is 0.320. The van der Waals surface area contributed by atoms with Crippen LogP contribution in [0.3, 0.4) is 0 Å². The molecule has 0 N–H and O–H groups in total. The van der Waals surface area contributed by atoms with Crippen molar-refractivity contribution in [3.8, 4) is 12.1 Å². The summed E-state index contributed by atoms with van der Waals surface area (Å²) in [5.41, 5.74) is 0.767. The SMILES string of the molecule is CC(C)(C)C(=O)C1C(c2ccccc2)C(C#N)(C#N)C2c3ccccc3C=CN12. The van der Waals surface area contributed by atoms with Gasteiger partial charge < -0.3 is 4.90 Å². The van der Waals surface area contributed by atoms with E-state index in [2.05, 4.69) is 12.1 Å². The van der Waals surface area contributed by atoms with Gasteiger partial charge in [-0.2, -0.15) is 10.5 Å². The smallest absolute Gasteiger partial charge is 0.177 e. The van der Waals surface area contributed by atoms with Crippen molar-refractivity contribution in [1.82, 2.24) is 4.90 Å². The molecule has 0 bridgehead atoms. The van der Waals surface area contributed by atoms with Crippen molar-refractivity contribution in [1.29, 1.82) is 10.5 Å². The standard InChI is InChI=1S/C25H23N3O/c1-24(2,3)23(29)21-20(18-10-5-4-6-11-18)25(15-26,16-27)22-19-12-8-7-9-17(19)13-14-28(21)22/h4-14,20-22H,1-3H3. The summed E-state index contributed by atoms with van der Waals surface area (Å²) >= 11 is 0. The van der Waals surface area contributed by atoms with Crippen LogP contribution in [0, 0.1) is 33.5 Å². The minimum Gasteiger partial charge on any atom is -0.357 e. The third-order valence-electron chi connectivity index (χ3n) is 6.11. The summed E-state index contributed by atoms with van der Waals surface area (Å²) in [5.74, 6) is -0.515. The Labute approximate surface area is 171 Å². The van der Waals surface area contributed by atoms with Crippen LogP contribution in [0.15, 0.2) is 60.8 Å². The second kappa shape index (κ2) is 6.61. The van der Waals surface area contributed by atoms with E-state index in [0.717, 1.165) is 16.7 Å². The Hall–Kier alpha value is -3.37. The molecule has 2 aliphatic heterocycles. The number of carbonyl (C=O) groups excluding carboxylic acids is 1. The largest absolute Gasteiger partial charge is 0.357 e. The zero-order valence-electron chi connectivity index (χ0n) is 16.8. The lowest BCUT2D eigenvalue weighted by Crippen LogP contribution is -2.43. The summed E-state index contributed by atoms with van der Waals surface area (Å²) in [5, 5.41) is 20.8. The number of fused-ring (bicyclic) bond motifs is 3. The topological polar surface area (TPSA) is 67.9 Å². The number of hydrogen-bond donors (Lipinski definition) is 0. The second-order valence-electron chi connectivity index (χ2n) is 8.83. The number of benzene rings is 2. The number of hydrogen-bond acceptors (Lipinski definition) is 4. The zero-order valence-corrected chi connectivity index (χ0v) is 16.8. The highest BCUT2D eigenvalue weighted by molar-refractivity contribution is 5.91. The molecule has 29 heavy (non-hydrogen) atoms. The van der Waals surface area contributed by atoms with Gasteiger partial charge in [0, 0.05) is 17.5 Å². The van der Waals surface area contributed by atoms with E-state index in [0.29, 0.717) is 0 Å². The maximum absolute atomic E-state index is 13.6. The Morgan fingerprint density at radius 3 is 2.24 bits per heavy atom. The summed E-state index contributed by atoms with van der Waals surface area (Å²) in [7, 11) is 0. The minimum absolute atomic E-state index is 0.0350. The summed E-state index contributed by atoms with van der Waals surface area (Å²) in [6.45, 7) is 5.69. The molecular formula is C25H23N3O. The Morgan fingerprint density at radius 1 is 1.00 bits per heavy atom. The number of Topliss-reactive ketones (excluding diaryl/α,β-unsaturated/α-hetero) is 1. The van der Waals surface area contributed by atoms with Gasteiger partial charge in [-0.3, -0.25) is 4.79 Å². The Morgan fingerprint density at radius 2 is 1.62 bits per heavy atom. The van der Waals surface area contributed by atoms with Crippen molar-refractivity contribution >= 4 is 11.9 Å². The van der Waals surface area contributed by atoms with E-state index in [1.165, 1.54) is 0 Å². The molecule has 0 amide bonds. The molecule has 1 saturated heterocycles. The number of rotatable bonds is 2. The van der Waals surface area contributed by atoms with E-state index in [4.69, 9.17) is 0 Å². The van der Waals surface area contributed by atoms with Gasteiger partial charge in [-0.05, 0) is 22.8 Å². The molecule has 1 fully saturated rings. The molecule has 4 nitrogen and oxygen atoms in total. The zero-order chi connectivity index (χ0) is 20.8. The van der Waals surface area contributed by atoms with Crippen LogP contribution < -0.4 is 0 Å². The van der Waals surface area contributed by atoms with Crippen molar-refractivity contribution in [2.45, 2.75) is 38.8 Å². The predicted molar refractivity (Wildman–Crippen MR) is 111 cm³/mol. The lowest BCUT2D eigenvalue weighted by molar-refractivity contribution is -0.130. The van der Waals surface area contributed by atoms with E-state index >= 15 is 0 Å². The molecule has 4 heteroatoms. The monoisotopic (exact) mass is 381 g/mol. The van der Waals surface area contributed by atoms with Crippen LogP contribution in [-0.4, -0.2) is 16.7 Å². The summed E-state index contributed by atoms with van der Waals surface area (Å²) in [6.07, 6.45) is 3.87. The van der Waals surface area contributed by atoms with Gasteiger partial charge in [0.2, 0.25) is 0 Å². The molecule has 0 aromatic heterocycles. The van der Waals surface area contributed by atoms with Crippen LogP contribution in [0.5, 0.6) is 0 Å². The molecule has 0 radical (unpaired) electrons. The summed E-state index contributed by atoms with van der Waals surface area (Å²) in [4.78, 5) is 15.6. The van der Waals surface area contributed by atoms with Crippen LogP contribution >= 0.6 is 0 Å². The number of ketones is 1. The molecule has 4 rings (SSSR count). The normalized spacial score (nSPS) is 24.2.